The Bertz CT molecular complexity index is 1420. The van der Waals surface area contributed by atoms with Gasteiger partial charge in [-0.2, -0.15) is 5.10 Å². The second-order valence-electron chi connectivity index (χ2n) is 7.32. The predicted molar refractivity (Wildman–Crippen MR) is 141 cm³/mol. The lowest BCUT2D eigenvalue weighted by molar-refractivity contribution is 0.102. The van der Waals surface area contributed by atoms with Gasteiger partial charge in [0.1, 0.15) is 23.0 Å². The lowest BCUT2D eigenvalue weighted by Crippen LogP contribution is -2.15. The maximum atomic E-state index is 13.2. The second kappa shape index (κ2) is 9.17. The number of halogens is 2. The summed E-state index contributed by atoms with van der Waals surface area (Å²) < 4.78 is 8.74. The van der Waals surface area contributed by atoms with Gasteiger partial charge in [-0.05, 0) is 95.6 Å². The molecular weight excluding hydrogens is 569 g/mol. The fourth-order valence-electron chi connectivity index (χ4n) is 3.44. The molecule has 0 fully saturated rings. The van der Waals surface area contributed by atoms with E-state index in [0.717, 1.165) is 25.4 Å². The van der Waals surface area contributed by atoms with Crippen LogP contribution in [0.15, 0.2) is 82.6 Å². The zero-order valence-corrected chi connectivity index (χ0v) is 21.1. The van der Waals surface area contributed by atoms with Gasteiger partial charge in [0.25, 0.3) is 5.91 Å². The fourth-order valence-corrected chi connectivity index (χ4v) is 4.61. The number of hydrogen-bond donors (Lipinski definition) is 1. The standard InChI is InChI=1S/C25H17ClIN3O2S/c1-15-20(13-22(32-15)16-4-6-17(26)7-5-16)25(31)28-24-14-21(23-3-2-12-33-23)29-30(24)19-10-8-18(27)9-11-19/h2-14H,1H3,(H,28,31). The Balaban J connectivity index is 1.49. The first-order valence-corrected chi connectivity index (χ1v) is 12.4. The molecule has 5 nitrogen and oxygen atoms in total. The predicted octanol–water partition coefficient (Wildman–Crippen LogP) is 7.68. The van der Waals surface area contributed by atoms with E-state index in [9.17, 15) is 4.79 Å². The minimum Gasteiger partial charge on any atom is -0.461 e. The number of amides is 1. The molecule has 1 N–H and O–H groups in total. The van der Waals surface area contributed by atoms with Crippen LogP contribution in [0.2, 0.25) is 5.02 Å². The minimum absolute atomic E-state index is 0.263. The normalized spacial score (nSPS) is 11.0. The van der Waals surface area contributed by atoms with Crippen molar-refractivity contribution in [1.82, 2.24) is 9.78 Å². The number of thiophene rings is 1. The molecule has 0 radical (unpaired) electrons. The number of nitrogens with one attached hydrogen (secondary N) is 1. The van der Waals surface area contributed by atoms with Crippen LogP contribution in [0.25, 0.3) is 27.6 Å². The Labute approximate surface area is 213 Å². The number of carbonyl (C=O) groups excluding carboxylic acids is 1. The Morgan fingerprint density at radius 2 is 1.85 bits per heavy atom. The topological polar surface area (TPSA) is 60.1 Å². The Morgan fingerprint density at radius 3 is 2.55 bits per heavy atom. The molecule has 0 spiro atoms. The number of benzene rings is 2. The van der Waals surface area contributed by atoms with Crippen LogP contribution < -0.4 is 5.32 Å². The average Bonchev–Trinajstić information content (AvgIpc) is 3.55. The van der Waals surface area contributed by atoms with E-state index in [0.29, 0.717) is 27.9 Å². The van der Waals surface area contributed by atoms with Gasteiger partial charge in [-0.15, -0.1) is 11.3 Å². The quantitative estimate of drug-likeness (QED) is 0.215. The first-order chi connectivity index (χ1) is 16.0. The molecule has 8 heteroatoms. The minimum atomic E-state index is -0.263. The number of furan rings is 1. The van der Waals surface area contributed by atoms with Crippen molar-refractivity contribution in [3.63, 3.8) is 0 Å². The molecule has 0 atom stereocenters. The molecule has 3 aromatic heterocycles. The average molecular weight is 586 g/mol. The van der Waals surface area contributed by atoms with Crippen LogP contribution >= 0.6 is 45.5 Å². The highest BCUT2D eigenvalue weighted by Gasteiger charge is 2.20. The van der Waals surface area contributed by atoms with Crippen molar-refractivity contribution in [2.75, 3.05) is 5.32 Å². The zero-order valence-electron chi connectivity index (χ0n) is 17.4. The maximum Gasteiger partial charge on any atom is 0.260 e. The van der Waals surface area contributed by atoms with Crippen molar-refractivity contribution < 1.29 is 9.21 Å². The van der Waals surface area contributed by atoms with Gasteiger partial charge in [0.05, 0.1) is 16.1 Å². The summed E-state index contributed by atoms with van der Waals surface area (Å²) >= 11 is 9.85. The highest BCUT2D eigenvalue weighted by molar-refractivity contribution is 14.1. The summed E-state index contributed by atoms with van der Waals surface area (Å²) in [5, 5.41) is 10.4. The molecule has 5 rings (SSSR count). The third kappa shape index (κ3) is 4.62. The van der Waals surface area contributed by atoms with Gasteiger partial charge in [0, 0.05) is 20.2 Å². The lowest BCUT2D eigenvalue weighted by Gasteiger charge is -2.08. The molecular formula is C25H17ClIN3O2S. The van der Waals surface area contributed by atoms with Crippen molar-refractivity contribution in [2.24, 2.45) is 0 Å². The largest absolute Gasteiger partial charge is 0.461 e. The molecule has 33 heavy (non-hydrogen) atoms. The van der Waals surface area contributed by atoms with Gasteiger partial charge in [-0.25, -0.2) is 4.68 Å². The van der Waals surface area contributed by atoms with E-state index in [-0.39, 0.29) is 5.91 Å². The first kappa shape index (κ1) is 21.9. The fraction of sp³-hybridized carbons (Fsp3) is 0.0400. The molecule has 0 saturated heterocycles. The molecule has 0 bridgehead atoms. The van der Waals surface area contributed by atoms with E-state index >= 15 is 0 Å². The van der Waals surface area contributed by atoms with E-state index in [1.165, 1.54) is 0 Å². The van der Waals surface area contributed by atoms with Gasteiger partial charge in [0.2, 0.25) is 0 Å². The van der Waals surface area contributed by atoms with Crippen LogP contribution in [-0.4, -0.2) is 15.7 Å². The van der Waals surface area contributed by atoms with E-state index in [4.69, 9.17) is 21.1 Å². The summed E-state index contributed by atoms with van der Waals surface area (Å²) in [5.74, 6) is 1.47. The van der Waals surface area contributed by atoms with Gasteiger partial charge in [-0.3, -0.25) is 4.79 Å². The summed E-state index contributed by atoms with van der Waals surface area (Å²) in [5.41, 5.74) is 2.97. The van der Waals surface area contributed by atoms with Gasteiger partial charge < -0.3 is 9.73 Å². The molecule has 164 valence electrons. The molecule has 0 saturated carbocycles. The lowest BCUT2D eigenvalue weighted by atomic mass is 10.1. The molecule has 2 aromatic carbocycles. The number of carbonyl (C=O) groups is 1. The molecule has 0 aliphatic carbocycles. The Hall–Kier alpha value is -2.88. The smallest absolute Gasteiger partial charge is 0.260 e. The SMILES string of the molecule is Cc1oc(-c2ccc(Cl)cc2)cc1C(=O)Nc1cc(-c2cccs2)nn1-c1ccc(I)cc1. The molecule has 1 amide bonds. The molecule has 0 aliphatic rings. The third-order valence-electron chi connectivity index (χ3n) is 5.09. The number of rotatable bonds is 5. The summed E-state index contributed by atoms with van der Waals surface area (Å²) in [7, 11) is 0. The summed E-state index contributed by atoms with van der Waals surface area (Å²) in [6.45, 7) is 1.78. The molecule has 0 unspecified atom stereocenters. The summed E-state index contributed by atoms with van der Waals surface area (Å²) in [4.78, 5) is 14.3. The Kier molecular flexibility index (Phi) is 6.09. The molecule has 5 aromatic rings. The molecule has 3 heterocycles. The van der Waals surface area contributed by atoms with Gasteiger partial charge in [0.15, 0.2) is 0 Å². The number of hydrogen-bond acceptors (Lipinski definition) is 4. The van der Waals surface area contributed by atoms with Crippen molar-refractivity contribution >= 4 is 57.3 Å². The zero-order chi connectivity index (χ0) is 22.9. The highest BCUT2D eigenvalue weighted by Crippen LogP contribution is 2.30. The van der Waals surface area contributed by atoms with Crippen molar-refractivity contribution in [3.05, 3.63) is 98.1 Å². The monoisotopic (exact) mass is 585 g/mol. The van der Waals surface area contributed by atoms with Gasteiger partial charge >= 0.3 is 0 Å². The third-order valence-corrected chi connectivity index (χ3v) is 6.95. The maximum absolute atomic E-state index is 13.2. The first-order valence-electron chi connectivity index (χ1n) is 10.1. The van der Waals surface area contributed by atoms with Crippen LogP contribution in [-0.2, 0) is 0 Å². The van der Waals surface area contributed by atoms with Crippen molar-refractivity contribution in [3.8, 4) is 27.6 Å². The van der Waals surface area contributed by atoms with E-state index in [2.05, 4.69) is 27.9 Å². The van der Waals surface area contributed by atoms with Crippen LogP contribution in [0.4, 0.5) is 5.82 Å². The number of aryl methyl sites for hydroxylation is 1. The summed E-state index contributed by atoms with van der Waals surface area (Å²) in [6, 6.07) is 22.9. The number of aromatic nitrogens is 2. The summed E-state index contributed by atoms with van der Waals surface area (Å²) in [6.07, 6.45) is 0. The van der Waals surface area contributed by atoms with E-state index in [1.54, 1.807) is 41.1 Å². The van der Waals surface area contributed by atoms with Crippen LogP contribution in [0.5, 0.6) is 0 Å². The Morgan fingerprint density at radius 1 is 1.09 bits per heavy atom. The second-order valence-corrected chi connectivity index (χ2v) is 9.95. The molecule has 0 aliphatic heterocycles. The van der Waals surface area contributed by atoms with Crippen molar-refractivity contribution in [2.45, 2.75) is 6.92 Å². The van der Waals surface area contributed by atoms with Crippen molar-refractivity contribution in [1.29, 1.82) is 0 Å². The van der Waals surface area contributed by atoms with Gasteiger partial charge in [-0.1, -0.05) is 17.7 Å². The number of anilines is 1. The van der Waals surface area contributed by atoms with E-state index in [1.807, 2.05) is 60.0 Å². The van der Waals surface area contributed by atoms with E-state index < -0.39 is 0 Å². The van der Waals surface area contributed by atoms with Crippen LogP contribution in [0, 0.1) is 10.5 Å². The number of nitrogens with zero attached hydrogens (tertiary/aromatic N) is 2. The van der Waals surface area contributed by atoms with Crippen LogP contribution in [0.1, 0.15) is 16.1 Å². The highest BCUT2D eigenvalue weighted by atomic mass is 127. The van der Waals surface area contributed by atoms with Crippen LogP contribution in [0.3, 0.4) is 0 Å².